The highest BCUT2D eigenvalue weighted by Crippen LogP contribution is 2.56. The predicted molar refractivity (Wildman–Crippen MR) is 328 cm³/mol. The van der Waals surface area contributed by atoms with Crippen LogP contribution in [0.3, 0.4) is 0 Å². The summed E-state index contributed by atoms with van der Waals surface area (Å²) < 4.78 is 0. The van der Waals surface area contributed by atoms with Gasteiger partial charge in [0.05, 0.1) is 44.9 Å². The summed E-state index contributed by atoms with van der Waals surface area (Å²) in [7, 11) is 0. The molecule has 4 saturated carbocycles. The van der Waals surface area contributed by atoms with Gasteiger partial charge < -0.3 is 9.97 Å². The molecule has 0 spiro atoms. The molecule has 9 aliphatic carbocycles. The Morgan fingerprint density at radius 2 is 0.575 bits per heavy atom. The van der Waals surface area contributed by atoms with Crippen molar-refractivity contribution in [3.63, 3.8) is 0 Å². The molecule has 8 unspecified atom stereocenters. The van der Waals surface area contributed by atoms with Crippen molar-refractivity contribution >= 4 is 33.7 Å². The van der Waals surface area contributed by atoms with E-state index in [1.54, 1.807) is 22.3 Å². The number of hydrogen-bond donors (Lipinski definition) is 2. The number of aliphatic imine (C=N–C) groups is 2. The summed E-state index contributed by atoms with van der Waals surface area (Å²) in [5.41, 5.74) is 30.4. The van der Waals surface area contributed by atoms with Gasteiger partial charge in [-0.1, -0.05) is 173 Å². The van der Waals surface area contributed by atoms with Crippen molar-refractivity contribution < 1.29 is 0 Å². The van der Waals surface area contributed by atoms with E-state index in [0.29, 0.717) is 47.3 Å². The summed E-state index contributed by atoms with van der Waals surface area (Å²) >= 11 is 0. The molecule has 0 saturated heterocycles. The Bertz CT molecular complexity index is 3810. The predicted octanol–water partition coefficient (Wildman–Crippen LogP) is 16.5. The van der Waals surface area contributed by atoms with Crippen molar-refractivity contribution in [3.05, 3.63) is 222 Å². The van der Waals surface area contributed by atoms with Crippen LogP contribution < -0.4 is 10.7 Å². The minimum atomic E-state index is 0.685. The van der Waals surface area contributed by atoms with Crippen molar-refractivity contribution in [1.29, 1.82) is 0 Å². The number of aromatic nitrogens is 2. The van der Waals surface area contributed by atoms with E-state index in [0.717, 1.165) is 51.4 Å². The number of nitrogens with one attached hydrogen (secondary N) is 2. The molecule has 4 heterocycles. The minimum absolute atomic E-state index is 0.685. The lowest BCUT2D eigenvalue weighted by Crippen LogP contribution is -2.32. The Hall–Kier alpha value is -6.52. The molecular formula is C76H78N4. The molecule has 2 aromatic heterocycles. The first-order valence-electron chi connectivity index (χ1n) is 32.2. The average molecular weight is 1050 g/mol. The molecule has 80 heavy (non-hydrogen) atoms. The Kier molecular flexibility index (Phi) is 11.8. The van der Waals surface area contributed by atoms with Gasteiger partial charge in [0.15, 0.2) is 0 Å². The molecule has 11 aliphatic rings. The average Bonchev–Trinajstić information content (AvgIpc) is 4.35. The van der Waals surface area contributed by atoms with Crippen LogP contribution in [0.25, 0.3) is 22.3 Å². The lowest BCUT2D eigenvalue weighted by molar-refractivity contribution is 0.220. The fourth-order valence-electron chi connectivity index (χ4n) is 19.1. The number of fused-ring (bicyclic) bond motifs is 4. The molecule has 0 radical (unpaired) electrons. The van der Waals surface area contributed by atoms with Crippen LogP contribution >= 0.6 is 0 Å². The number of nitrogens with zero attached hydrogens (tertiary/aromatic N) is 2. The minimum Gasteiger partial charge on any atom is -0.354 e. The van der Waals surface area contributed by atoms with Gasteiger partial charge in [0.2, 0.25) is 0 Å². The zero-order valence-corrected chi connectivity index (χ0v) is 47.0. The number of aromatic amines is 2. The van der Waals surface area contributed by atoms with Gasteiger partial charge in [0.25, 0.3) is 0 Å². The van der Waals surface area contributed by atoms with E-state index in [1.165, 1.54) is 214 Å². The third-order valence-electron chi connectivity index (χ3n) is 22.9. The summed E-state index contributed by atoms with van der Waals surface area (Å²) in [5, 5.41) is 2.69. The molecule has 2 N–H and O–H groups in total. The van der Waals surface area contributed by atoms with E-state index >= 15 is 0 Å². The molecular weight excluding hydrogens is 969 g/mol. The van der Waals surface area contributed by atoms with Crippen LogP contribution in [0.2, 0.25) is 0 Å². The number of hydrogen-bond acceptors (Lipinski definition) is 2. The largest absolute Gasteiger partial charge is 0.354 e. The van der Waals surface area contributed by atoms with Gasteiger partial charge in [-0.15, -0.1) is 0 Å². The molecule has 4 nitrogen and oxygen atoms in total. The van der Waals surface area contributed by atoms with E-state index in [-0.39, 0.29) is 0 Å². The molecule has 4 heteroatoms. The standard InChI is InChI=1S/C76H78N4/c1-5-21-45(22-6-1)65-69-57-37-49-29-13-15-31-51(49)39-59(57)71(77-69)66(46-23-7-2-8-24-46)73-61-41-53-33-17-19-35-55(53)43-63(61)75(79-73)68(48-27-11-4-12-28-48)76-64-44-56-36-20-18-34-54(56)42-62(64)74(80-76)67(47-25-9-3-10-26-47)72-60-40-52-32-16-14-30-50(52)38-58(60)70(65)78-72/h1-12,21-28,49-56,77-78H,13-20,29-44H2. The molecule has 4 aromatic carbocycles. The highest BCUT2D eigenvalue weighted by atomic mass is 14.9. The molecule has 6 aromatic rings. The third-order valence-corrected chi connectivity index (χ3v) is 22.9. The Balaban J connectivity index is 1.08. The second kappa shape index (κ2) is 19.6. The lowest BCUT2D eigenvalue weighted by Gasteiger charge is -2.38. The van der Waals surface area contributed by atoms with Crippen molar-refractivity contribution in [2.75, 3.05) is 0 Å². The van der Waals surface area contributed by atoms with Crippen LogP contribution in [-0.2, 0) is 25.7 Å². The van der Waals surface area contributed by atoms with Gasteiger partial charge >= 0.3 is 0 Å². The van der Waals surface area contributed by atoms with Gasteiger partial charge in [0.1, 0.15) is 0 Å². The number of H-pyrrole nitrogens is 2. The summed E-state index contributed by atoms with van der Waals surface area (Å²) in [6.07, 6.45) is 30.4. The normalized spacial score (nSPS) is 28.7. The van der Waals surface area contributed by atoms with Gasteiger partial charge in [-0.3, -0.25) is 0 Å². The lowest BCUT2D eigenvalue weighted by atomic mass is 9.66. The smallest absolute Gasteiger partial charge is 0.0773 e. The monoisotopic (exact) mass is 1050 g/mol. The van der Waals surface area contributed by atoms with E-state index < -0.39 is 0 Å². The molecule has 8 atom stereocenters. The highest BCUT2D eigenvalue weighted by molar-refractivity contribution is 6.38. The molecule has 0 amide bonds. The zero-order chi connectivity index (χ0) is 52.4. The highest BCUT2D eigenvalue weighted by Gasteiger charge is 2.46. The van der Waals surface area contributed by atoms with Crippen LogP contribution in [0.15, 0.2) is 165 Å². The third kappa shape index (κ3) is 7.79. The van der Waals surface area contributed by atoms with E-state index in [4.69, 9.17) is 9.98 Å². The van der Waals surface area contributed by atoms with Crippen molar-refractivity contribution in [1.82, 2.24) is 9.97 Å². The van der Waals surface area contributed by atoms with Gasteiger partial charge in [-0.05, 0) is 217 Å². The van der Waals surface area contributed by atoms with Crippen molar-refractivity contribution in [2.24, 2.45) is 57.3 Å². The second-order valence-electron chi connectivity index (χ2n) is 27.0. The maximum Gasteiger partial charge on any atom is 0.0773 e. The zero-order valence-electron chi connectivity index (χ0n) is 47.0. The van der Waals surface area contributed by atoms with Crippen LogP contribution in [0, 0.1) is 47.3 Å². The first kappa shape index (κ1) is 48.2. The molecule has 17 rings (SSSR count). The summed E-state index contributed by atoms with van der Waals surface area (Å²) in [4.78, 5) is 22.1. The van der Waals surface area contributed by atoms with E-state index in [9.17, 15) is 0 Å². The van der Waals surface area contributed by atoms with Crippen LogP contribution in [0.4, 0.5) is 0 Å². The van der Waals surface area contributed by atoms with Crippen LogP contribution in [-0.4, -0.2) is 21.4 Å². The first-order valence-corrected chi connectivity index (χ1v) is 32.2. The number of rotatable bonds is 4. The first-order chi connectivity index (χ1) is 39.7. The quantitative estimate of drug-likeness (QED) is 0.177. The summed E-state index contributed by atoms with van der Waals surface area (Å²) in [5.74, 6) is 5.55. The van der Waals surface area contributed by atoms with Crippen molar-refractivity contribution in [2.45, 2.75) is 154 Å². The van der Waals surface area contributed by atoms with Gasteiger partial charge in [-0.25, -0.2) is 9.98 Å². The molecule has 402 valence electrons. The maximum atomic E-state index is 6.44. The fourth-order valence-corrected chi connectivity index (χ4v) is 19.1. The van der Waals surface area contributed by atoms with Gasteiger partial charge in [0, 0.05) is 22.3 Å². The Morgan fingerprint density at radius 3 is 1.00 bits per heavy atom. The van der Waals surface area contributed by atoms with Gasteiger partial charge in [-0.2, -0.15) is 0 Å². The van der Waals surface area contributed by atoms with Crippen molar-refractivity contribution in [3.8, 4) is 0 Å². The fraction of sp³-hybridized carbons (Fsp3) is 0.421. The van der Waals surface area contributed by atoms with Crippen LogP contribution in [0.5, 0.6) is 0 Å². The Labute approximate surface area is 474 Å². The second-order valence-corrected chi connectivity index (χ2v) is 27.0. The molecule has 8 bridgehead atoms. The number of allylic oxidation sites excluding steroid dienone is 5. The topological polar surface area (TPSA) is 56.3 Å². The number of benzene rings is 4. The summed E-state index contributed by atoms with van der Waals surface area (Å²) in [6.45, 7) is 0. The van der Waals surface area contributed by atoms with Crippen LogP contribution in [0.1, 0.15) is 184 Å². The SMILES string of the molecule is c1ccc(C2=C3N=C(C4=C3CC3CCCCC3C4)C(c3ccccc3)=c3[nH]c(c4c3CC3CCCCC3C4)=C(c3ccccc3)c3[nH]c(c4c3CC3CCCCC3C4)C(c3ccccc3)=C3N=C2C2=C3CC3CCCCC3C2)cc1. The molecule has 2 aliphatic heterocycles. The summed E-state index contributed by atoms with van der Waals surface area (Å²) in [6, 6.07) is 46.5. The molecule has 4 fully saturated rings. The van der Waals surface area contributed by atoms with E-state index in [1.807, 2.05) is 0 Å². The van der Waals surface area contributed by atoms with E-state index in [2.05, 4.69) is 131 Å². The Morgan fingerprint density at radius 1 is 0.275 bits per heavy atom. The maximum absolute atomic E-state index is 6.44.